The van der Waals surface area contributed by atoms with E-state index in [1.807, 2.05) is 60.7 Å². The van der Waals surface area contributed by atoms with Gasteiger partial charge in [0.15, 0.2) is 5.82 Å². The van der Waals surface area contributed by atoms with Crippen LogP contribution in [-0.4, -0.2) is 15.7 Å². The van der Waals surface area contributed by atoms with Gasteiger partial charge in [0.25, 0.3) is 0 Å². The summed E-state index contributed by atoms with van der Waals surface area (Å²) in [5.74, 6) is 0.202. The molecule has 2 aliphatic rings. The average Bonchev–Trinajstić information content (AvgIpc) is 3.13. The zero-order valence-corrected chi connectivity index (χ0v) is 18.0. The van der Waals surface area contributed by atoms with Crippen molar-refractivity contribution in [3.8, 4) is 11.3 Å². The van der Waals surface area contributed by atoms with Crippen LogP contribution < -0.4 is 16.6 Å². The quantitative estimate of drug-likeness (QED) is 0.541. The van der Waals surface area contributed by atoms with Gasteiger partial charge in [0.2, 0.25) is 5.91 Å². The Morgan fingerprint density at radius 2 is 1.68 bits per heavy atom. The Labute approximate surface area is 186 Å². The number of nitrogens with two attached hydrogens (primary N) is 1. The minimum Gasteiger partial charge on any atom is -0.368 e. The Morgan fingerprint density at radius 1 is 1.06 bits per heavy atom. The molecule has 1 aliphatic carbocycles. The number of halogens is 1. The standard InChI is InChI=1S/C24H24ClN5O/c1-24(13-8-14-24)21(22(26)31)30-20(16-11-6-3-7-12-16)17-18(25)19(27-28-23(17)29-30)15-9-4-2-5-10-15/h2-7,9-12,21,27H,8,13-14H2,1H3,(H2,26,31)(H,28,29). The van der Waals surface area contributed by atoms with Crippen molar-refractivity contribution < 1.29 is 4.79 Å². The molecule has 7 heteroatoms. The summed E-state index contributed by atoms with van der Waals surface area (Å²) < 4.78 is 1.78. The third-order valence-electron chi connectivity index (χ3n) is 6.44. The third kappa shape index (κ3) is 3.18. The van der Waals surface area contributed by atoms with Crippen LogP contribution in [0.1, 0.15) is 43.4 Å². The fraction of sp³-hybridized carbons (Fsp3) is 0.250. The molecule has 3 aromatic rings. The normalized spacial score (nSPS) is 17.7. The number of hydrogen-bond donors (Lipinski definition) is 3. The number of anilines is 1. The van der Waals surface area contributed by atoms with Gasteiger partial charge >= 0.3 is 0 Å². The molecule has 2 heterocycles. The number of rotatable bonds is 5. The van der Waals surface area contributed by atoms with Crippen LogP contribution in [0.3, 0.4) is 0 Å². The van der Waals surface area contributed by atoms with E-state index in [0.29, 0.717) is 10.9 Å². The first kappa shape index (κ1) is 19.7. The van der Waals surface area contributed by atoms with Crippen LogP contribution in [-0.2, 0) is 4.79 Å². The highest BCUT2D eigenvalue weighted by Gasteiger charge is 2.46. The summed E-state index contributed by atoms with van der Waals surface area (Å²) in [5, 5.41) is 5.35. The Bertz CT molecular complexity index is 1170. The minimum atomic E-state index is -0.562. The monoisotopic (exact) mass is 433 g/mol. The van der Waals surface area contributed by atoms with Gasteiger partial charge in [-0.3, -0.25) is 15.6 Å². The van der Waals surface area contributed by atoms with E-state index in [1.54, 1.807) is 4.68 Å². The first-order valence-electron chi connectivity index (χ1n) is 10.4. The van der Waals surface area contributed by atoms with Crippen LogP contribution in [0, 0.1) is 5.41 Å². The van der Waals surface area contributed by atoms with E-state index < -0.39 is 6.04 Å². The van der Waals surface area contributed by atoms with Gasteiger partial charge in [-0.2, -0.15) is 5.10 Å². The summed E-state index contributed by atoms with van der Waals surface area (Å²) in [7, 11) is 0. The molecule has 1 amide bonds. The summed E-state index contributed by atoms with van der Waals surface area (Å²) in [5.41, 5.74) is 16.3. The van der Waals surface area contributed by atoms with Crippen molar-refractivity contribution in [2.75, 3.05) is 5.43 Å². The summed E-state index contributed by atoms with van der Waals surface area (Å²) in [6.07, 6.45) is 2.95. The van der Waals surface area contributed by atoms with Crippen LogP contribution in [0.2, 0.25) is 0 Å². The molecule has 1 aromatic heterocycles. The minimum absolute atomic E-state index is 0.226. The zero-order chi connectivity index (χ0) is 21.6. The highest BCUT2D eigenvalue weighted by Crippen LogP contribution is 2.51. The number of fused-ring (bicyclic) bond motifs is 1. The Kier molecular flexibility index (Phi) is 4.74. The SMILES string of the molecule is CC1(C(C(N)=O)n2nc3c(c2-c2ccccc2)C(Cl)=C(c2ccccc2)NN3)CCC1. The van der Waals surface area contributed by atoms with Crippen LogP contribution in [0.15, 0.2) is 60.7 Å². The molecule has 0 bridgehead atoms. The molecule has 1 saturated carbocycles. The predicted octanol–water partition coefficient (Wildman–Crippen LogP) is 4.76. The van der Waals surface area contributed by atoms with Gasteiger partial charge in [0.05, 0.1) is 22.0 Å². The van der Waals surface area contributed by atoms with Crippen molar-refractivity contribution in [2.45, 2.75) is 32.2 Å². The number of carbonyl (C=O) groups is 1. The van der Waals surface area contributed by atoms with E-state index in [9.17, 15) is 4.79 Å². The highest BCUT2D eigenvalue weighted by atomic mass is 35.5. The second kappa shape index (κ2) is 7.46. The molecule has 6 nitrogen and oxygen atoms in total. The molecule has 31 heavy (non-hydrogen) atoms. The van der Waals surface area contributed by atoms with E-state index in [1.165, 1.54) is 0 Å². The number of aromatic nitrogens is 2. The van der Waals surface area contributed by atoms with Crippen molar-refractivity contribution in [1.82, 2.24) is 15.2 Å². The topological polar surface area (TPSA) is 85.0 Å². The summed E-state index contributed by atoms with van der Waals surface area (Å²) in [6.45, 7) is 2.11. The molecule has 5 rings (SSSR count). The van der Waals surface area contributed by atoms with Gasteiger partial charge in [-0.1, -0.05) is 85.6 Å². The van der Waals surface area contributed by atoms with Gasteiger partial charge in [0, 0.05) is 11.1 Å². The number of carbonyl (C=O) groups excluding carboxylic acids is 1. The molecule has 0 saturated heterocycles. The molecular formula is C24H24ClN5O. The highest BCUT2D eigenvalue weighted by molar-refractivity contribution is 6.53. The first-order chi connectivity index (χ1) is 15.0. The molecule has 4 N–H and O–H groups in total. The van der Waals surface area contributed by atoms with Crippen LogP contribution in [0.25, 0.3) is 22.0 Å². The van der Waals surface area contributed by atoms with Gasteiger partial charge in [-0.25, -0.2) is 4.68 Å². The molecule has 2 aromatic carbocycles. The third-order valence-corrected chi connectivity index (χ3v) is 6.81. The molecule has 158 valence electrons. The summed E-state index contributed by atoms with van der Waals surface area (Å²) >= 11 is 6.97. The van der Waals surface area contributed by atoms with Crippen LogP contribution in [0.4, 0.5) is 5.82 Å². The maximum atomic E-state index is 12.7. The maximum Gasteiger partial charge on any atom is 0.242 e. The number of hydrazine groups is 1. The van der Waals surface area contributed by atoms with Crippen molar-refractivity contribution in [3.05, 3.63) is 71.8 Å². The zero-order valence-electron chi connectivity index (χ0n) is 17.2. The summed E-state index contributed by atoms with van der Waals surface area (Å²) in [4.78, 5) is 12.7. The number of nitrogens with one attached hydrogen (secondary N) is 2. The summed E-state index contributed by atoms with van der Waals surface area (Å²) in [6, 6.07) is 19.2. The smallest absolute Gasteiger partial charge is 0.242 e. The van der Waals surface area contributed by atoms with Gasteiger partial charge < -0.3 is 5.73 Å². The van der Waals surface area contributed by atoms with Crippen LogP contribution >= 0.6 is 11.6 Å². The molecule has 0 radical (unpaired) electrons. The number of primary amides is 1. The Hall–Kier alpha value is -3.25. The van der Waals surface area contributed by atoms with Gasteiger partial charge in [0.1, 0.15) is 6.04 Å². The maximum absolute atomic E-state index is 12.7. The molecule has 0 spiro atoms. The van der Waals surface area contributed by atoms with Gasteiger partial charge in [-0.15, -0.1) is 0 Å². The average molecular weight is 434 g/mol. The molecule has 1 unspecified atom stereocenters. The van der Waals surface area contributed by atoms with Crippen molar-refractivity contribution in [3.63, 3.8) is 0 Å². The number of hydrogen-bond acceptors (Lipinski definition) is 4. The van der Waals surface area contributed by atoms with Crippen molar-refractivity contribution in [2.24, 2.45) is 11.1 Å². The first-order valence-corrected chi connectivity index (χ1v) is 10.8. The lowest BCUT2D eigenvalue weighted by Gasteiger charge is -2.43. The second-order valence-electron chi connectivity index (χ2n) is 8.50. The molecule has 1 atom stereocenters. The van der Waals surface area contributed by atoms with Crippen molar-refractivity contribution >= 4 is 34.1 Å². The van der Waals surface area contributed by atoms with Crippen LogP contribution in [0.5, 0.6) is 0 Å². The van der Waals surface area contributed by atoms with Crippen molar-refractivity contribution in [1.29, 1.82) is 0 Å². The van der Waals surface area contributed by atoms with E-state index in [0.717, 1.165) is 47.3 Å². The lowest BCUT2D eigenvalue weighted by molar-refractivity contribution is -0.127. The number of benzene rings is 2. The molecule has 1 aliphatic heterocycles. The number of amides is 1. The second-order valence-corrected chi connectivity index (χ2v) is 8.88. The van der Waals surface area contributed by atoms with E-state index >= 15 is 0 Å². The lowest BCUT2D eigenvalue weighted by Crippen LogP contribution is -2.44. The Morgan fingerprint density at radius 3 is 2.23 bits per heavy atom. The van der Waals surface area contributed by atoms with E-state index in [2.05, 4.69) is 17.8 Å². The molecular weight excluding hydrogens is 410 g/mol. The molecule has 1 fully saturated rings. The van der Waals surface area contributed by atoms with Gasteiger partial charge in [-0.05, 0) is 18.3 Å². The van der Waals surface area contributed by atoms with E-state index in [4.69, 9.17) is 22.4 Å². The number of nitrogens with zero attached hydrogens (tertiary/aromatic N) is 2. The fourth-order valence-electron chi connectivity index (χ4n) is 4.66. The Balaban J connectivity index is 1.76. The predicted molar refractivity (Wildman–Crippen MR) is 124 cm³/mol. The fourth-order valence-corrected chi connectivity index (χ4v) is 5.00. The lowest BCUT2D eigenvalue weighted by atomic mass is 9.65. The van der Waals surface area contributed by atoms with E-state index in [-0.39, 0.29) is 11.3 Å². The largest absolute Gasteiger partial charge is 0.368 e.